The number of hydrogen-bond donors (Lipinski definition) is 2. The minimum Gasteiger partial charge on any atom is -0.493 e. The molecule has 5 aliphatic rings. The molecule has 40 heavy (non-hydrogen) atoms. The van der Waals surface area contributed by atoms with Crippen LogP contribution in [-0.2, 0) is 23.9 Å². The Hall–Kier alpha value is -3.29. The summed E-state index contributed by atoms with van der Waals surface area (Å²) in [7, 11) is 3.98. The van der Waals surface area contributed by atoms with E-state index >= 15 is 0 Å². The average molecular weight is 540 g/mol. The van der Waals surface area contributed by atoms with E-state index in [4.69, 9.17) is 9.47 Å². The van der Waals surface area contributed by atoms with E-state index < -0.39 is 5.60 Å². The number of likely N-dealkylation sites (tertiary alicyclic amines) is 2. The fraction of sp³-hybridized carbons (Fsp3) is 0.485. The van der Waals surface area contributed by atoms with Crippen LogP contribution in [0.3, 0.4) is 0 Å². The number of ether oxygens (including phenoxy) is 2. The predicted molar refractivity (Wildman–Crippen MR) is 151 cm³/mol. The molecule has 1 aromatic heterocycles. The first-order chi connectivity index (χ1) is 19.4. The Labute approximate surface area is 235 Å². The zero-order valence-corrected chi connectivity index (χ0v) is 23.5. The fourth-order valence-electron chi connectivity index (χ4n) is 8.93. The number of carbonyl (C=O) groups is 1. The number of amides is 1. The maximum Gasteiger partial charge on any atom is 0.270 e. The molecule has 1 spiro atoms. The summed E-state index contributed by atoms with van der Waals surface area (Å²) in [4.78, 5) is 22.1. The van der Waals surface area contributed by atoms with E-state index in [0.717, 1.165) is 54.1 Å². The Kier molecular flexibility index (Phi) is 5.12. The van der Waals surface area contributed by atoms with Crippen LogP contribution in [0.5, 0.6) is 11.5 Å². The second-order valence-corrected chi connectivity index (χ2v) is 12.7. The van der Waals surface area contributed by atoms with Gasteiger partial charge in [-0.05, 0) is 86.9 Å². The van der Waals surface area contributed by atoms with Gasteiger partial charge in [0.25, 0.3) is 5.91 Å². The van der Waals surface area contributed by atoms with Gasteiger partial charge in [0.05, 0.1) is 18.4 Å². The highest BCUT2D eigenvalue weighted by Crippen LogP contribution is 2.67. The van der Waals surface area contributed by atoms with Gasteiger partial charge in [-0.15, -0.1) is 0 Å². The second kappa shape index (κ2) is 8.37. The Balaban J connectivity index is 1.16. The van der Waals surface area contributed by atoms with Gasteiger partial charge in [0, 0.05) is 30.1 Å². The molecule has 7 heteroatoms. The van der Waals surface area contributed by atoms with Gasteiger partial charge in [-0.25, -0.2) is 0 Å². The third-order valence-corrected chi connectivity index (χ3v) is 11.1. The summed E-state index contributed by atoms with van der Waals surface area (Å²) in [6, 6.07) is 14.6. The monoisotopic (exact) mass is 539 g/mol. The van der Waals surface area contributed by atoms with Crippen molar-refractivity contribution in [3.8, 4) is 11.5 Å². The molecule has 8 rings (SSSR count). The number of nitrogens with zero attached hydrogens (tertiary/aromatic N) is 2. The topological polar surface area (TPSA) is 78.0 Å². The second-order valence-electron chi connectivity index (χ2n) is 12.7. The zero-order valence-electron chi connectivity index (χ0n) is 23.5. The molecule has 0 saturated carbocycles. The number of H-pyrrole nitrogens is 1. The number of carbonyl (C=O) groups excluding carboxylic acids is 1. The normalized spacial score (nSPS) is 29.4. The van der Waals surface area contributed by atoms with Crippen molar-refractivity contribution in [2.75, 3.05) is 33.8 Å². The van der Waals surface area contributed by atoms with Gasteiger partial charge in [-0.2, -0.15) is 0 Å². The van der Waals surface area contributed by atoms with E-state index in [9.17, 15) is 9.90 Å². The summed E-state index contributed by atoms with van der Waals surface area (Å²) in [5.74, 6) is 2.16. The largest absolute Gasteiger partial charge is 0.493 e. The van der Waals surface area contributed by atoms with Gasteiger partial charge in [-0.3, -0.25) is 4.79 Å². The number of nitrogens with one attached hydrogen (secondary N) is 1. The SMILES string of the molecule is COc1ccc2c3c1O[C@H]1c4[nH]c(C(=O)N5CCC(O)(c6ccccc6)CC5)c(C)c4C[C@H]4[C@@H](C2)N(C)CCC314. The molecular formula is C33H37N3O4. The van der Waals surface area contributed by atoms with Crippen molar-refractivity contribution < 1.29 is 19.4 Å². The molecule has 7 nitrogen and oxygen atoms in total. The van der Waals surface area contributed by atoms with Crippen LogP contribution in [0.15, 0.2) is 42.5 Å². The molecule has 2 saturated heterocycles. The molecule has 4 atom stereocenters. The average Bonchev–Trinajstić information content (AvgIpc) is 3.50. The number of hydrogen-bond acceptors (Lipinski definition) is 5. The quantitative estimate of drug-likeness (QED) is 0.520. The van der Waals surface area contributed by atoms with Crippen LogP contribution >= 0.6 is 0 Å². The molecule has 208 valence electrons. The van der Waals surface area contributed by atoms with Gasteiger partial charge >= 0.3 is 0 Å². The standard InChI is InChI=1S/C33H37N3O4/c1-19-22-18-23-24-17-20-9-10-25(39-3)29-26(20)33(23,13-14-35(24)2)30(40-29)28(22)34-27(19)31(37)36-15-11-32(38,12-16-36)21-7-5-4-6-8-21/h4-10,23-24,30,34,38H,11-18H2,1-3H3/t23-,24+,30-,33?/m0/s1. The number of fused-ring (bicyclic) bond motifs is 2. The summed E-state index contributed by atoms with van der Waals surface area (Å²) < 4.78 is 12.7. The molecule has 3 aliphatic heterocycles. The van der Waals surface area contributed by atoms with E-state index in [1.807, 2.05) is 35.2 Å². The molecule has 2 N–H and O–H groups in total. The van der Waals surface area contributed by atoms with Crippen molar-refractivity contribution in [1.29, 1.82) is 0 Å². The van der Waals surface area contributed by atoms with Crippen molar-refractivity contribution in [3.63, 3.8) is 0 Å². The van der Waals surface area contributed by atoms with Crippen LogP contribution in [0.4, 0.5) is 0 Å². The van der Waals surface area contributed by atoms with Gasteiger partial charge in [0.15, 0.2) is 11.5 Å². The summed E-state index contributed by atoms with van der Waals surface area (Å²) in [5, 5.41) is 11.3. The molecular weight excluding hydrogens is 502 g/mol. The van der Waals surface area contributed by atoms with Crippen molar-refractivity contribution in [3.05, 3.63) is 81.7 Å². The molecule has 1 unspecified atom stereocenters. The molecule has 4 heterocycles. The first-order valence-corrected chi connectivity index (χ1v) is 14.7. The molecule has 2 fully saturated rings. The minimum absolute atomic E-state index is 0.0244. The van der Waals surface area contributed by atoms with Gasteiger partial charge in [0.1, 0.15) is 11.8 Å². The zero-order chi connectivity index (χ0) is 27.4. The highest BCUT2D eigenvalue weighted by atomic mass is 16.5. The van der Waals surface area contributed by atoms with Crippen molar-refractivity contribution in [2.45, 2.75) is 62.2 Å². The Morgan fingerprint density at radius 3 is 2.60 bits per heavy atom. The van der Waals surface area contributed by atoms with Crippen LogP contribution in [-0.4, -0.2) is 65.6 Å². The van der Waals surface area contributed by atoms with Crippen LogP contribution in [0.25, 0.3) is 0 Å². The first-order valence-electron chi connectivity index (χ1n) is 14.7. The lowest BCUT2D eigenvalue weighted by Gasteiger charge is -2.57. The first kappa shape index (κ1) is 24.5. The lowest BCUT2D eigenvalue weighted by Crippen LogP contribution is -2.62. The highest BCUT2D eigenvalue weighted by molar-refractivity contribution is 5.95. The van der Waals surface area contributed by atoms with Crippen molar-refractivity contribution in [1.82, 2.24) is 14.8 Å². The maximum atomic E-state index is 14.0. The summed E-state index contributed by atoms with van der Waals surface area (Å²) in [6.45, 7) is 4.19. The third kappa shape index (κ3) is 3.05. The smallest absolute Gasteiger partial charge is 0.270 e. The molecule has 3 aromatic rings. The number of piperidine rings is 2. The highest BCUT2D eigenvalue weighted by Gasteiger charge is 2.65. The third-order valence-electron chi connectivity index (χ3n) is 11.1. The fourth-order valence-corrected chi connectivity index (χ4v) is 8.93. The molecule has 2 bridgehead atoms. The maximum absolute atomic E-state index is 14.0. The number of aromatic nitrogens is 1. The number of methoxy groups -OCH3 is 1. The lowest BCUT2D eigenvalue weighted by atomic mass is 9.51. The number of aliphatic hydroxyl groups is 1. The van der Waals surface area contributed by atoms with E-state index in [0.29, 0.717) is 43.6 Å². The molecule has 2 aromatic carbocycles. The predicted octanol–water partition coefficient (Wildman–Crippen LogP) is 4.26. The van der Waals surface area contributed by atoms with Crippen LogP contribution < -0.4 is 9.47 Å². The van der Waals surface area contributed by atoms with E-state index in [-0.39, 0.29) is 17.4 Å². The van der Waals surface area contributed by atoms with Crippen molar-refractivity contribution in [2.24, 2.45) is 5.92 Å². The summed E-state index contributed by atoms with van der Waals surface area (Å²) in [6.07, 6.45) is 3.92. The summed E-state index contributed by atoms with van der Waals surface area (Å²) >= 11 is 0. The number of aromatic amines is 1. The van der Waals surface area contributed by atoms with Gasteiger partial charge in [0.2, 0.25) is 0 Å². The van der Waals surface area contributed by atoms with Crippen LogP contribution in [0.2, 0.25) is 0 Å². The summed E-state index contributed by atoms with van der Waals surface area (Å²) in [5.41, 5.74) is 6.74. The number of likely N-dealkylation sites (N-methyl/N-ethyl adjacent to an activating group) is 1. The van der Waals surface area contributed by atoms with E-state index in [1.165, 1.54) is 16.7 Å². The number of rotatable bonds is 3. The van der Waals surface area contributed by atoms with E-state index in [1.54, 1.807) is 7.11 Å². The van der Waals surface area contributed by atoms with E-state index in [2.05, 4.69) is 36.0 Å². The minimum atomic E-state index is -0.888. The van der Waals surface area contributed by atoms with Gasteiger partial charge < -0.3 is 29.4 Å². The Morgan fingerprint density at radius 2 is 1.85 bits per heavy atom. The number of benzene rings is 2. The Morgan fingerprint density at radius 1 is 1.07 bits per heavy atom. The molecule has 1 amide bonds. The van der Waals surface area contributed by atoms with Gasteiger partial charge in [-0.1, -0.05) is 36.4 Å². The van der Waals surface area contributed by atoms with Crippen molar-refractivity contribution >= 4 is 5.91 Å². The lowest BCUT2D eigenvalue weighted by molar-refractivity contribution is -0.0257. The Bertz CT molecular complexity index is 1520. The molecule has 2 aliphatic carbocycles. The van der Waals surface area contributed by atoms with Crippen LogP contribution in [0.1, 0.15) is 69.4 Å². The molecule has 0 radical (unpaired) electrons. The van der Waals surface area contributed by atoms with Crippen LogP contribution in [0, 0.1) is 12.8 Å².